The Kier molecular flexibility index (Phi) is 6.87. The van der Waals surface area contributed by atoms with Crippen molar-refractivity contribution in [2.24, 2.45) is 0 Å². The summed E-state index contributed by atoms with van der Waals surface area (Å²) in [6.45, 7) is 3.86. The normalized spacial score (nSPS) is 14.5. The summed E-state index contributed by atoms with van der Waals surface area (Å²) < 4.78 is 2.19. The average molecular weight is 659 g/mol. The van der Waals surface area contributed by atoms with Gasteiger partial charge in [0.15, 0.2) is 0 Å². The van der Waals surface area contributed by atoms with Crippen LogP contribution in [-0.4, -0.2) is 45.1 Å². The van der Waals surface area contributed by atoms with Crippen molar-refractivity contribution in [1.29, 1.82) is 0 Å². The molecule has 0 atom stereocenters. The third kappa shape index (κ3) is 4.66. The molecule has 9 nitrogen and oxygen atoms in total. The first-order valence-electron chi connectivity index (χ1n) is 14.2. The van der Waals surface area contributed by atoms with Gasteiger partial charge in [0.1, 0.15) is 20.0 Å². The lowest BCUT2D eigenvalue weighted by Crippen LogP contribution is -2.37. The molecule has 4 aromatic heterocycles. The van der Waals surface area contributed by atoms with Gasteiger partial charge in [0.2, 0.25) is 5.91 Å². The Morgan fingerprint density at radius 2 is 1.45 bits per heavy atom. The van der Waals surface area contributed by atoms with E-state index in [0.29, 0.717) is 19.5 Å². The third-order valence-electron chi connectivity index (χ3n) is 7.91. The Morgan fingerprint density at radius 3 is 2.05 bits per heavy atom. The third-order valence-corrected chi connectivity index (χ3v) is 12.4. The van der Waals surface area contributed by atoms with E-state index in [2.05, 4.69) is 22.9 Å². The Morgan fingerprint density at radius 1 is 0.864 bits per heavy atom. The predicted octanol–water partition coefficient (Wildman–Crippen LogP) is 7.23. The molecule has 2 aromatic carbocycles. The maximum atomic E-state index is 12.9. The lowest BCUT2D eigenvalue weighted by atomic mass is 10.0. The van der Waals surface area contributed by atoms with E-state index in [1.807, 2.05) is 41.4 Å². The topological polar surface area (TPSA) is 111 Å². The van der Waals surface area contributed by atoms with Crippen LogP contribution in [0.5, 0.6) is 0 Å². The van der Waals surface area contributed by atoms with Gasteiger partial charge >= 0.3 is 6.09 Å². The van der Waals surface area contributed by atoms with E-state index in [4.69, 9.17) is 9.97 Å². The van der Waals surface area contributed by atoms with Crippen molar-refractivity contribution >= 4 is 87.8 Å². The number of carbonyl (C=O) groups is 2. The number of hydrazine groups is 1. The molecule has 0 radical (unpaired) electrons. The molecule has 0 saturated heterocycles. The molecule has 2 aliphatic rings. The second-order valence-electron chi connectivity index (χ2n) is 10.7. The van der Waals surface area contributed by atoms with E-state index in [9.17, 15) is 14.7 Å². The summed E-state index contributed by atoms with van der Waals surface area (Å²) in [5, 5.41) is 18.8. The zero-order valence-corrected chi connectivity index (χ0v) is 26.8. The van der Waals surface area contributed by atoms with Gasteiger partial charge in [-0.05, 0) is 54.8 Å². The number of aromatic nitrogens is 2. The molecule has 3 N–H and O–H groups in total. The van der Waals surface area contributed by atoms with Crippen molar-refractivity contribution in [3.05, 3.63) is 69.4 Å². The summed E-state index contributed by atoms with van der Waals surface area (Å²) in [5.41, 5.74) is 9.42. The minimum Gasteiger partial charge on any atom is -0.465 e. The van der Waals surface area contributed by atoms with Gasteiger partial charge in [-0.25, -0.2) is 19.8 Å². The van der Waals surface area contributed by atoms with Crippen LogP contribution >= 0.6 is 45.3 Å². The Hall–Kier alpha value is -3.88. The van der Waals surface area contributed by atoms with Crippen LogP contribution in [-0.2, 0) is 30.7 Å². The van der Waals surface area contributed by atoms with Gasteiger partial charge in [-0.2, -0.15) is 0 Å². The highest BCUT2D eigenvalue weighted by Gasteiger charge is 2.35. The van der Waals surface area contributed by atoms with Gasteiger partial charge in [0.05, 0.1) is 38.1 Å². The molecule has 0 bridgehead atoms. The zero-order valence-electron chi connectivity index (χ0n) is 23.5. The van der Waals surface area contributed by atoms with Crippen LogP contribution in [0, 0.1) is 0 Å². The molecule has 0 aliphatic carbocycles. The maximum Gasteiger partial charge on any atom is 0.407 e. The van der Waals surface area contributed by atoms with E-state index in [0.717, 1.165) is 81.5 Å². The molecule has 44 heavy (non-hydrogen) atoms. The molecule has 13 heteroatoms. The predicted molar refractivity (Wildman–Crippen MR) is 179 cm³/mol. The highest BCUT2D eigenvalue weighted by Crippen LogP contribution is 2.53. The minimum absolute atomic E-state index is 0.196. The number of amides is 2. The van der Waals surface area contributed by atoms with E-state index in [1.54, 1.807) is 34.0 Å². The van der Waals surface area contributed by atoms with Crippen molar-refractivity contribution in [2.75, 3.05) is 18.1 Å². The van der Waals surface area contributed by atoms with Gasteiger partial charge in [-0.15, -0.1) is 45.3 Å². The van der Waals surface area contributed by atoms with Gasteiger partial charge < -0.3 is 15.3 Å². The van der Waals surface area contributed by atoms with Crippen LogP contribution in [0.1, 0.15) is 27.8 Å². The molecule has 2 amide bonds. The van der Waals surface area contributed by atoms with Crippen LogP contribution in [0.4, 0.5) is 14.8 Å². The summed E-state index contributed by atoms with van der Waals surface area (Å²) in [5.74, 6) is -0.196. The molecule has 0 spiro atoms. The first-order valence-corrected chi connectivity index (χ1v) is 17.5. The van der Waals surface area contributed by atoms with Crippen LogP contribution in [0.25, 0.3) is 41.6 Å². The largest absolute Gasteiger partial charge is 0.465 e. The SMILES string of the molecule is CC(=O)NN(c1sc2c(c1-c1nc3ccccc3s1)CCNC2)c1sc2c(c1-c1nc3ccccc3s1)CCN(C(=O)O)C2. The maximum absolute atomic E-state index is 12.9. The minimum atomic E-state index is -0.928. The highest BCUT2D eigenvalue weighted by atomic mass is 32.1. The standard InChI is InChI=1S/C31H26N6O3S4/c1-16(38)35-37(29-25(17-10-12-32-14-23(17)43-29)27-33-19-6-2-4-8-21(19)41-27)30-26(28-34-20-7-3-5-9-22(20)42-28)18-11-13-36(31(39)40)15-24(18)44-30/h2-9,32H,10-15H2,1H3,(H,35,38)(H,39,40). The fourth-order valence-electron chi connectivity index (χ4n) is 5.94. The van der Waals surface area contributed by atoms with Crippen LogP contribution < -0.4 is 15.8 Å². The summed E-state index contributed by atoms with van der Waals surface area (Å²) in [4.78, 5) is 38.7. The number of carboxylic acid groups (broad SMARTS) is 1. The van der Waals surface area contributed by atoms with E-state index < -0.39 is 6.09 Å². The molecule has 0 unspecified atom stereocenters. The monoisotopic (exact) mass is 658 g/mol. The van der Waals surface area contributed by atoms with Crippen molar-refractivity contribution in [2.45, 2.75) is 32.9 Å². The number of fused-ring (bicyclic) bond motifs is 4. The van der Waals surface area contributed by atoms with Crippen molar-refractivity contribution in [1.82, 2.24) is 25.6 Å². The van der Waals surface area contributed by atoms with E-state index in [1.165, 1.54) is 33.6 Å². The van der Waals surface area contributed by atoms with Crippen molar-refractivity contribution in [3.63, 3.8) is 0 Å². The number of anilines is 2. The molecule has 0 fully saturated rings. The number of rotatable bonds is 5. The highest BCUT2D eigenvalue weighted by molar-refractivity contribution is 7.24. The Balaban J connectivity index is 1.37. The van der Waals surface area contributed by atoms with Crippen LogP contribution in [0.3, 0.4) is 0 Å². The summed E-state index contributed by atoms with van der Waals surface area (Å²) in [7, 11) is 0. The molecule has 8 rings (SSSR count). The lowest BCUT2D eigenvalue weighted by Gasteiger charge is -2.25. The molecule has 6 aromatic rings. The van der Waals surface area contributed by atoms with Crippen LogP contribution in [0.15, 0.2) is 48.5 Å². The quantitative estimate of drug-likeness (QED) is 0.168. The molecule has 222 valence electrons. The first-order chi connectivity index (χ1) is 21.4. The number of nitrogens with zero attached hydrogens (tertiary/aromatic N) is 4. The number of thiazole rings is 2. The zero-order chi connectivity index (χ0) is 29.9. The average Bonchev–Trinajstić information content (AvgIpc) is 3.80. The number of nitrogens with one attached hydrogen (secondary N) is 2. The van der Waals surface area contributed by atoms with E-state index >= 15 is 0 Å². The second-order valence-corrected chi connectivity index (χ2v) is 15.0. The molecule has 0 saturated carbocycles. The number of benzene rings is 2. The van der Waals surface area contributed by atoms with Gasteiger partial charge in [0.25, 0.3) is 0 Å². The molecule has 6 heterocycles. The lowest BCUT2D eigenvalue weighted by molar-refractivity contribution is -0.118. The van der Waals surface area contributed by atoms with Crippen LogP contribution in [0.2, 0.25) is 0 Å². The number of para-hydroxylation sites is 2. The smallest absolute Gasteiger partial charge is 0.407 e. The fourth-order valence-corrected chi connectivity index (χ4v) is 10.8. The number of thiophene rings is 2. The number of carbonyl (C=O) groups excluding carboxylic acids is 1. The fraction of sp³-hybridized carbons (Fsp3) is 0.226. The Labute approximate surface area is 268 Å². The summed E-state index contributed by atoms with van der Waals surface area (Å²) in [6.07, 6.45) is 0.513. The van der Waals surface area contributed by atoms with Gasteiger partial charge in [-0.1, -0.05) is 24.3 Å². The Bertz CT molecular complexity index is 2030. The second kappa shape index (κ2) is 10.9. The molecular weight excluding hydrogens is 633 g/mol. The van der Waals surface area contributed by atoms with E-state index in [-0.39, 0.29) is 5.91 Å². The summed E-state index contributed by atoms with van der Waals surface area (Å²) >= 11 is 6.49. The first kappa shape index (κ1) is 27.7. The van der Waals surface area contributed by atoms with Crippen molar-refractivity contribution in [3.8, 4) is 21.1 Å². The van der Waals surface area contributed by atoms with Gasteiger partial charge in [-0.3, -0.25) is 10.2 Å². The number of hydrogen-bond donors (Lipinski definition) is 3. The molecular formula is C31H26N6O3S4. The number of hydrogen-bond acceptors (Lipinski definition) is 10. The summed E-state index contributed by atoms with van der Waals surface area (Å²) in [6, 6.07) is 16.2. The van der Waals surface area contributed by atoms with Gasteiger partial charge in [0, 0.05) is 29.8 Å². The molecule has 2 aliphatic heterocycles. The van der Waals surface area contributed by atoms with Crippen molar-refractivity contribution < 1.29 is 14.7 Å².